The molecule has 1 aromatic carbocycles. The molecule has 5 heteroatoms. The Bertz CT molecular complexity index is 766. The van der Waals surface area contributed by atoms with Crippen molar-refractivity contribution in [3.8, 4) is 5.88 Å². The fourth-order valence-electron chi connectivity index (χ4n) is 2.24. The molecule has 3 aromatic rings. The van der Waals surface area contributed by atoms with E-state index in [4.69, 9.17) is 10.5 Å². The van der Waals surface area contributed by atoms with Crippen LogP contribution in [0.1, 0.15) is 15.9 Å². The predicted octanol–water partition coefficient (Wildman–Crippen LogP) is 2.28. The van der Waals surface area contributed by atoms with Crippen molar-refractivity contribution in [2.24, 2.45) is 5.73 Å². The smallest absolute Gasteiger partial charge is 0.248 e. The van der Waals surface area contributed by atoms with Gasteiger partial charge in [0.15, 0.2) is 0 Å². The summed E-state index contributed by atoms with van der Waals surface area (Å²) in [6.07, 6.45) is 4.39. The molecule has 21 heavy (non-hydrogen) atoms. The summed E-state index contributed by atoms with van der Waals surface area (Å²) >= 11 is 0. The van der Waals surface area contributed by atoms with Crippen LogP contribution in [-0.2, 0) is 6.42 Å². The number of primary amides is 1. The lowest BCUT2D eigenvalue weighted by atomic mass is 10.1. The molecule has 3 rings (SSSR count). The van der Waals surface area contributed by atoms with Gasteiger partial charge in [0.2, 0.25) is 11.8 Å². The van der Waals surface area contributed by atoms with Crippen LogP contribution in [-0.4, -0.2) is 22.5 Å². The van der Waals surface area contributed by atoms with E-state index in [9.17, 15) is 4.79 Å². The quantitative estimate of drug-likeness (QED) is 0.752. The van der Waals surface area contributed by atoms with Crippen LogP contribution in [0.15, 0.2) is 48.8 Å². The summed E-state index contributed by atoms with van der Waals surface area (Å²) in [6.45, 7) is 0.543. The highest BCUT2D eigenvalue weighted by molar-refractivity contribution is 5.97. The Morgan fingerprint density at radius 3 is 2.95 bits per heavy atom. The standard InChI is InChI=1S/C16H15N3O2/c17-16(20)11-4-5-13-12(10-19-14(13)9-11)6-8-21-15-3-1-2-7-18-15/h1-5,7,9-10,19H,6,8H2,(H2,17,20). The molecule has 0 spiro atoms. The molecule has 0 unspecified atom stereocenters. The van der Waals surface area contributed by atoms with E-state index in [-0.39, 0.29) is 0 Å². The number of H-pyrrole nitrogens is 1. The van der Waals surface area contributed by atoms with Crippen molar-refractivity contribution in [3.63, 3.8) is 0 Å². The summed E-state index contributed by atoms with van der Waals surface area (Å²) in [4.78, 5) is 18.4. The first kappa shape index (κ1) is 13.2. The van der Waals surface area contributed by atoms with Crippen LogP contribution in [0.25, 0.3) is 10.9 Å². The zero-order chi connectivity index (χ0) is 14.7. The highest BCUT2D eigenvalue weighted by Crippen LogP contribution is 2.20. The van der Waals surface area contributed by atoms with Crippen molar-refractivity contribution in [1.82, 2.24) is 9.97 Å². The fraction of sp³-hybridized carbons (Fsp3) is 0.125. The lowest BCUT2D eigenvalue weighted by Gasteiger charge is -2.04. The highest BCUT2D eigenvalue weighted by Gasteiger charge is 2.07. The molecule has 0 aliphatic heterocycles. The van der Waals surface area contributed by atoms with Crippen LogP contribution in [0.3, 0.4) is 0 Å². The molecule has 0 aliphatic carbocycles. The maximum atomic E-state index is 11.2. The van der Waals surface area contributed by atoms with Gasteiger partial charge in [-0.1, -0.05) is 12.1 Å². The van der Waals surface area contributed by atoms with Gasteiger partial charge >= 0.3 is 0 Å². The molecule has 0 saturated heterocycles. The lowest BCUT2D eigenvalue weighted by molar-refractivity contribution is 0.100. The minimum atomic E-state index is -0.425. The summed E-state index contributed by atoms with van der Waals surface area (Å²) in [5.41, 5.74) is 7.82. The molecule has 0 saturated carbocycles. The second-order valence-electron chi connectivity index (χ2n) is 4.70. The molecule has 0 radical (unpaired) electrons. The average molecular weight is 281 g/mol. The SMILES string of the molecule is NC(=O)c1ccc2c(CCOc3ccccn3)c[nH]c2c1. The van der Waals surface area contributed by atoms with Crippen LogP contribution in [0.5, 0.6) is 5.88 Å². The van der Waals surface area contributed by atoms with E-state index in [2.05, 4.69) is 9.97 Å². The predicted molar refractivity (Wildman–Crippen MR) is 80.3 cm³/mol. The third-order valence-electron chi connectivity index (χ3n) is 3.31. The van der Waals surface area contributed by atoms with Gasteiger partial charge in [0.25, 0.3) is 0 Å². The molecule has 0 fully saturated rings. The number of aromatic nitrogens is 2. The first-order valence-corrected chi connectivity index (χ1v) is 6.68. The minimum absolute atomic E-state index is 0.425. The number of carbonyl (C=O) groups is 1. The number of pyridine rings is 1. The first-order valence-electron chi connectivity index (χ1n) is 6.68. The van der Waals surface area contributed by atoms with Crippen LogP contribution >= 0.6 is 0 Å². The second-order valence-corrected chi connectivity index (χ2v) is 4.70. The molecule has 0 aliphatic rings. The van der Waals surface area contributed by atoms with Crippen LogP contribution in [0, 0.1) is 0 Å². The maximum Gasteiger partial charge on any atom is 0.248 e. The van der Waals surface area contributed by atoms with Crippen molar-refractivity contribution in [3.05, 3.63) is 59.9 Å². The average Bonchev–Trinajstić information content (AvgIpc) is 2.91. The monoisotopic (exact) mass is 281 g/mol. The molecule has 2 aromatic heterocycles. The van der Waals surface area contributed by atoms with Crippen molar-refractivity contribution < 1.29 is 9.53 Å². The number of benzene rings is 1. The Morgan fingerprint density at radius 2 is 2.19 bits per heavy atom. The molecule has 106 valence electrons. The van der Waals surface area contributed by atoms with Gasteiger partial charge in [0.1, 0.15) is 0 Å². The Labute approximate surface area is 121 Å². The van der Waals surface area contributed by atoms with Crippen LogP contribution in [0.4, 0.5) is 0 Å². The van der Waals surface area contributed by atoms with Crippen molar-refractivity contribution in [1.29, 1.82) is 0 Å². The zero-order valence-electron chi connectivity index (χ0n) is 11.4. The number of hydrogen-bond donors (Lipinski definition) is 2. The molecular weight excluding hydrogens is 266 g/mol. The van der Waals surface area contributed by atoms with E-state index in [1.54, 1.807) is 18.3 Å². The molecule has 3 N–H and O–H groups in total. The number of carbonyl (C=O) groups excluding carboxylic acids is 1. The number of fused-ring (bicyclic) bond motifs is 1. The number of nitrogens with zero attached hydrogens (tertiary/aromatic N) is 1. The van der Waals surface area contributed by atoms with Crippen molar-refractivity contribution >= 4 is 16.8 Å². The summed E-state index contributed by atoms with van der Waals surface area (Å²) in [5.74, 6) is 0.194. The normalized spacial score (nSPS) is 10.7. The zero-order valence-corrected chi connectivity index (χ0v) is 11.4. The molecule has 5 nitrogen and oxygen atoms in total. The third-order valence-corrected chi connectivity index (χ3v) is 3.31. The number of hydrogen-bond acceptors (Lipinski definition) is 3. The van der Waals surface area contributed by atoms with Crippen molar-refractivity contribution in [2.45, 2.75) is 6.42 Å². The molecule has 2 heterocycles. The molecular formula is C16H15N3O2. The van der Waals surface area contributed by atoms with Gasteiger partial charge in [0, 0.05) is 41.3 Å². The number of nitrogens with two attached hydrogens (primary N) is 1. The second kappa shape index (κ2) is 5.66. The number of rotatable bonds is 5. The third kappa shape index (κ3) is 2.86. The maximum absolute atomic E-state index is 11.2. The highest BCUT2D eigenvalue weighted by atomic mass is 16.5. The van der Waals surface area contributed by atoms with Gasteiger partial charge in [0.05, 0.1) is 6.61 Å². The Kier molecular flexibility index (Phi) is 3.55. The number of amides is 1. The molecule has 1 amide bonds. The summed E-state index contributed by atoms with van der Waals surface area (Å²) in [7, 11) is 0. The van der Waals surface area contributed by atoms with E-state index in [1.807, 2.05) is 30.5 Å². The van der Waals surface area contributed by atoms with E-state index >= 15 is 0 Å². The summed E-state index contributed by atoms with van der Waals surface area (Å²) < 4.78 is 5.59. The van der Waals surface area contributed by atoms with Gasteiger partial charge in [-0.25, -0.2) is 4.98 Å². The number of ether oxygens (including phenoxy) is 1. The number of nitrogens with one attached hydrogen (secondary N) is 1. The fourth-order valence-corrected chi connectivity index (χ4v) is 2.24. The Hall–Kier alpha value is -2.82. The van der Waals surface area contributed by atoms with Crippen molar-refractivity contribution in [2.75, 3.05) is 6.61 Å². The van der Waals surface area contributed by atoms with E-state index < -0.39 is 5.91 Å². The van der Waals surface area contributed by atoms with Crippen LogP contribution in [0.2, 0.25) is 0 Å². The van der Waals surface area contributed by atoms with E-state index in [0.717, 1.165) is 22.9 Å². The van der Waals surface area contributed by atoms with E-state index in [0.29, 0.717) is 18.1 Å². The Balaban J connectivity index is 1.71. The summed E-state index contributed by atoms with van der Waals surface area (Å²) in [6, 6.07) is 11.0. The van der Waals surface area contributed by atoms with Gasteiger partial charge < -0.3 is 15.5 Å². The van der Waals surface area contributed by atoms with Crippen LogP contribution < -0.4 is 10.5 Å². The largest absolute Gasteiger partial charge is 0.477 e. The van der Waals surface area contributed by atoms with Gasteiger partial charge in [-0.05, 0) is 23.8 Å². The van der Waals surface area contributed by atoms with Gasteiger partial charge in [-0.2, -0.15) is 0 Å². The van der Waals surface area contributed by atoms with E-state index in [1.165, 1.54) is 0 Å². The minimum Gasteiger partial charge on any atom is -0.477 e. The van der Waals surface area contributed by atoms with Gasteiger partial charge in [-0.3, -0.25) is 4.79 Å². The summed E-state index contributed by atoms with van der Waals surface area (Å²) in [5, 5.41) is 1.07. The lowest BCUT2D eigenvalue weighted by Crippen LogP contribution is -2.10. The molecule has 0 bridgehead atoms. The Morgan fingerprint density at radius 1 is 1.29 bits per heavy atom. The topological polar surface area (TPSA) is 81.0 Å². The van der Waals surface area contributed by atoms with Gasteiger partial charge in [-0.15, -0.1) is 0 Å². The molecule has 0 atom stereocenters. The number of aromatic amines is 1. The first-order chi connectivity index (χ1) is 10.2.